The third-order valence-corrected chi connectivity index (χ3v) is 18.1. The molecule has 9 aromatic rings. The van der Waals surface area contributed by atoms with Crippen LogP contribution >= 0.6 is 0 Å². The maximum Gasteiger partial charge on any atom is 0.254 e. The lowest BCUT2D eigenvalue weighted by Gasteiger charge is -2.32. The molecule has 3 aromatic heterocycles. The number of nitrogens with two attached hydrogens (primary N) is 6. The lowest BCUT2D eigenvalue weighted by atomic mass is 10.00. The second-order valence-electron chi connectivity index (χ2n) is 25.2. The van der Waals surface area contributed by atoms with Gasteiger partial charge >= 0.3 is 0 Å². The average Bonchev–Trinajstić information content (AvgIpc) is 1.61. The zero-order chi connectivity index (χ0) is 70.8. The van der Waals surface area contributed by atoms with Crippen molar-refractivity contribution >= 4 is 52.9 Å². The fraction of sp³-hybridized carbons (Fsp3) is 0.311. The van der Waals surface area contributed by atoms with E-state index >= 15 is 4.39 Å². The number of aromatic nitrogens is 6. The first-order chi connectivity index (χ1) is 47.5. The molecular weight excluding hydrogens is 1260 g/mol. The highest BCUT2D eigenvalue weighted by Gasteiger charge is 2.35. The van der Waals surface area contributed by atoms with Gasteiger partial charge in [0.2, 0.25) is 0 Å². The van der Waals surface area contributed by atoms with E-state index in [0.29, 0.717) is 78.4 Å². The number of primary amides is 3. The summed E-state index contributed by atoms with van der Waals surface area (Å²) in [5.74, 6) is -2.72. The van der Waals surface area contributed by atoms with Crippen LogP contribution in [0.1, 0.15) is 172 Å². The van der Waals surface area contributed by atoms with Crippen LogP contribution in [0.4, 0.5) is 26.2 Å². The number of carbonyl (C=O) groups excluding carboxylic acids is 6. The summed E-state index contributed by atoms with van der Waals surface area (Å²) >= 11 is 0. The van der Waals surface area contributed by atoms with Gasteiger partial charge in [0, 0.05) is 59.6 Å². The highest BCUT2D eigenvalue weighted by Crippen LogP contribution is 2.39. The molecule has 15 N–H and O–H groups in total. The van der Waals surface area contributed by atoms with Gasteiger partial charge in [-0.1, -0.05) is 109 Å². The number of nitrogens with zero attached hydrogens (tertiary/aromatic N) is 6. The lowest BCUT2D eigenvalue weighted by Crippen LogP contribution is -2.32. The van der Waals surface area contributed by atoms with Gasteiger partial charge < -0.3 is 59.8 Å². The molecule has 3 fully saturated rings. The number of hydrogen-bond acceptors (Lipinski definition) is 14. The van der Waals surface area contributed by atoms with E-state index in [1.165, 1.54) is 21.5 Å². The number of halogens is 2. The number of anilines is 3. The first-order valence-electron chi connectivity index (χ1n) is 32.9. The van der Waals surface area contributed by atoms with Crippen LogP contribution in [0.3, 0.4) is 0 Å². The van der Waals surface area contributed by atoms with E-state index < -0.39 is 35.8 Å². The maximum absolute atomic E-state index is 15.1. The normalized spacial score (nSPS) is 18.0. The molecule has 25 heteroatoms. The highest BCUT2D eigenvalue weighted by atomic mass is 19.1. The zero-order valence-corrected chi connectivity index (χ0v) is 55.9. The molecule has 0 radical (unpaired) electrons. The van der Waals surface area contributed by atoms with Gasteiger partial charge in [0.25, 0.3) is 35.4 Å². The van der Waals surface area contributed by atoms with E-state index in [4.69, 9.17) is 49.0 Å². The lowest BCUT2D eigenvalue weighted by molar-refractivity contribution is -0.0502. The molecule has 23 nitrogen and oxygen atoms in total. The largest absolute Gasteiger partial charge is 0.383 e. The molecule has 6 aromatic carbocycles. The Balaban J connectivity index is 0.000000161. The van der Waals surface area contributed by atoms with Crippen LogP contribution in [0.15, 0.2) is 140 Å². The SMILES string of the molecule is Cc1ccccc1C(=O)NCc1ccc(-c2nn(C3CC(C)OC(C)C3)c(N)c2C(N)=O)cc1.Cc1ccccc1C(=O)NCc1ccc(-c2nn(C3CCCC3F)c(N)c2C(N)=O)cc1.Cc1ccccc1C(=O)NCc1ccc(-c2nn(C3CCCOC3)c(N)c2C(N)=O)c(F)c1. The van der Waals surface area contributed by atoms with E-state index in [1.807, 2.05) is 120 Å². The number of alkyl halides is 1. The van der Waals surface area contributed by atoms with Crippen molar-refractivity contribution in [1.29, 1.82) is 0 Å². The van der Waals surface area contributed by atoms with Gasteiger partial charge in [0.1, 0.15) is 63.2 Å². The molecule has 2 aliphatic heterocycles. The Morgan fingerprint density at radius 3 is 1.32 bits per heavy atom. The standard InChI is InChI=1S/C26H31N5O3.C24H26FN5O3.C24H26FN5O2/c1-15-6-4-5-7-21(15)26(33)29-14-18-8-10-19(11-9-18)23-22(25(28)32)24(27)31(30-23)20-12-16(2)34-17(3)13-20;1-14-5-2-3-7-17(14)24(32)28-12-15-8-9-18(19(25)11-15)21-20(23(27)31)22(26)30(29-21)16-6-4-10-33-13-16;1-14-5-2-3-6-17(14)24(32)28-13-15-9-11-16(12-10-15)21-20(23(27)31)22(26)30(29-21)19-8-4-7-18(19)25/h4-11,16-17,20H,12-14,27H2,1-3H3,(H2,28,32)(H,29,33);2-3,5,7-9,11,16H,4,6,10,12-13,26H2,1H3,(H2,27,31)(H,28,32);2-3,5-6,9-12,18-19H,4,7-8,13,26H2,1H3,(H2,27,31)(H,28,32). The summed E-state index contributed by atoms with van der Waals surface area (Å²) in [5.41, 5.74) is 45.1. The van der Waals surface area contributed by atoms with E-state index in [2.05, 4.69) is 26.1 Å². The molecule has 1 aliphatic carbocycles. The molecule has 0 spiro atoms. The highest BCUT2D eigenvalue weighted by molar-refractivity contribution is 6.05. The van der Waals surface area contributed by atoms with Crippen molar-refractivity contribution in [2.45, 2.75) is 136 Å². The molecule has 516 valence electrons. The van der Waals surface area contributed by atoms with Crippen LogP contribution in [0.25, 0.3) is 33.8 Å². The second kappa shape index (κ2) is 31.4. The van der Waals surface area contributed by atoms with Gasteiger partial charge in [-0.3, -0.25) is 28.8 Å². The summed E-state index contributed by atoms with van der Waals surface area (Å²) in [4.78, 5) is 73.8. The Bertz CT molecular complexity index is 4440. The van der Waals surface area contributed by atoms with Crippen molar-refractivity contribution in [3.63, 3.8) is 0 Å². The van der Waals surface area contributed by atoms with Gasteiger partial charge in [0.05, 0.1) is 36.9 Å². The predicted molar refractivity (Wildman–Crippen MR) is 374 cm³/mol. The Morgan fingerprint density at radius 2 is 0.909 bits per heavy atom. The summed E-state index contributed by atoms with van der Waals surface area (Å²) < 4.78 is 45.3. The van der Waals surface area contributed by atoms with Crippen LogP contribution in [-0.4, -0.2) is 96.4 Å². The molecule has 6 amide bonds. The van der Waals surface area contributed by atoms with Gasteiger partial charge in [-0.15, -0.1) is 0 Å². The molecular formula is C74H83F2N15O8. The molecule has 0 bridgehead atoms. The number of carbonyl (C=O) groups is 6. The number of nitrogens with one attached hydrogen (secondary N) is 3. The number of hydrogen-bond donors (Lipinski definition) is 9. The minimum atomic E-state index is -1.05. The van der Waals surface area contributed by atoms with E-state index in [-0.39, 0.29) is 94.0 Å². The monoisotopic (exact) mass is 1350 g/mol. The Morgan fingerprint density at radius 1 is 0.505 bits per heavy atom. The number of nitrogen functional groups attached to an aromatic ring is 3. The molecule has 5 unspecified atom stereocenters. The summed E-state index contributed by atoms with van der Waals surface area (Å²) in [6.07, 6.45) is 4.05. The average molecular weight is 1350 g/mol. The zero-order valence-electron chi connectivity index (χ0n) is 55.9. The van der Waals surface area contributed by atoms with E-state index in [1.54, 1.807) is 47.1 Å². The molecule has 99 heavy (non-hydrogen) atoms. The number of benzene rings is 6. The first kappa shape index (κ1) is 70.7. The second-order valence-corrected chi connectivity index (χ2v) is 25.2. The number of amides is 6. The Kier molecular flexibility index (Phi) is 22.5. The molecule has 3 aliphatic rings. The fourth-order valence-corrected chi connectivity index (χ4v) is 12.9. The summed E-state index contributed by atoms with van der Waals surface area (Å²) in [6, 6.07) is 40.7. The third kappa shape index (κ3) is 16.3. The maximum atomic E-state index is 15.1. The molecule has 2 saturated heterocycles. The first-order valence-corrected chi connectivity index (χ1v) is 32.9. The summed E-state index contributed by atoms with van der Waals surface area (Å²) in [6.45, 7) is 11.6. The Labute approximate surface area is 572 Å². The van der Waals surface area contributed by atoms with E-state index in [9.17, 15) is 33.2 Å². The van der Waals surface area contributed by atoms with Gasteiger partial charge in [-0.2, -0.15) is 15.3 Å². The van der Waals surface area contributed by atoms with Crippen molar-refractivity contribution in [2.24, 2.45) is 17.2 Å². The van der Waals surface area contributed by atoms with Crippen molar-refractivity contribution in [2.75, 3.05) is 30.4 Å². The predicted octanol–water partition coefficient (Wildman–Crippen LogP) is 10.1. The van der Waals surface area contributed by atoms with E-state index in [0.717, 1.165) is 65.5 Å². The topological polar surface area (TPSA) is 367 Å². The van der Waals surface area contributed by atoms with Crippen molar-refractivity contribution in [3.05, 3.63) is 212 Å². The molecule has 1 saturated carbocycles. The van der Waals surface area contributed by atoms with Crippen molar-refractivity contribution in [1.82, 2.24) is 45.3 Å². The van der Waals surface area contributed by atoms with Crippen LogP contribution in [-0.2, 0) is 29.1 Å². The van der Waals surface area contributed by atoms with Crippen LogP contribution in [0, 0.1) is 26.6 Å². The van der Waals surface area contributed by atoms with Crippen molar-refractivity contribution < 1.29 is 47.0 Å². The number of ether oxygens (including phenoxy) is 2. The summed E-state index contributed by atoms with van der Waals surface area (Å²) in [5, 5.41) is 22.3. The minimum absolute atomic E-state index is 0.0138. The number of rotatable bonds is 18. The molecule has 12 rings (SSSR count). The summed E-state index contributed by atoms with van der Waals surface area (Å²) in [7, 11) is 0. The third-order valence-electron chi connectivity index (χ3n) is 18.1. The van der Waals surface area contributed by atoms with Gasteiger partial charge in [0.15, 0.2) is 0 Å². The van der Waals surface area contributed by atoms with Crippen LogP contribution in [0.2, 0.25) is 0 Å². The molecule has 5 atom stereocenters. The van der Waals surface area contributed by atoms with Crippen LogP contribution < -0.4 is 50.4 Å². The van der Waals surface area contributed by atoms with Crippen molar-refractivity contribution in [3.8, 4) is 33.8 Å². The minimum Gasteiger partial charge on any atom is -0.383 e. The van der Waals surface area contributed by atoms with Gasteiger partial charge in [-0.25, -0.2) is 22.8 Å². The number of aryl methyl sites for hydroxylation is 3. The smallest absolute Gasteiger partial charge is 0.254 e. The fourth-order valence-electron chi connectivity index (χ4n) is 12.9. The van der Waals surface area contributed by atoms with Gasteiger partial charge in [-0.05, 0) is 143 Å². The quantitative estimate of drug-likeness (QED) is 0.0386. The molecule has 5 heterocycles. The Hall–Kier alpha value is -11.1. The van der Waals surface area contributed by atoms with Crippen LogP contribution in [0.5, 0.6) is 0 Å².